The highest BCUT2D eigenvalue weighted by molar-refractivity contribution is 7.99. The predicted molar refractivity (Wildman–Crippen MR) is 78.0 cm³/mol. The van der Waals surface area contributed by atoms with E-state index in [1.54, 1.807) is 0 Å². The minimum Gasteiger partial charge on any atom is -0.341 e. The zero-order valence-corrected chi connectivity index (χ0v) is 12.8. The van der Waals surface area contributed by atoms with Crippen LogP contribution in [0.15, 0.2) is 0 Å². The van der Waals surface area contributed by atoms with Crippen molar-refractivity contribution in [1.29, 1.82) is 0 Å². The van der Waals surface area contributed by atoms with Crippen LogP contribution in [0.2, 0.25) is 0 Å². The monoisotopic (exact) mass is 270 g/mol. The lowest BCUT2D eigenvalue weighted by Gasteiger charge is -2.45. The molecule has 2 heterocycles. The molecule has 104 valence electrons. The van der Waals surface area contributed by atoms with Crippen LogP contribution in [-0.4, -0.2) is 59.4 Å². The van der Waals surface area contributed by atoms with Crippen LogP contribution in [0.1, 0.15) is 39.0 Å². The Morgan fingerprint density at radius 3 is 2.44 bits per heavy atom. The highest BCUT2D eigenvalue weighted by Crippen LogP contribution is 2.30. The summed E-state index contributed by atoms with van der Waals surface area (Å²) in [6.07, 6.45) is 7.93. The zero-order valence-electron chi connectivity index (χ0n) is 11.9. The van der Waals surface area contributed by atoms with E-state index in [2.05, 4.69) is 30.0 Å². The number of carbonyl (C=O) groups is 1. The molecule has 0 saturated carbocycles. The molecule has 1 unspecified atom stereocenters. The summed E-state index contributed by atoms with van der Waals surface area (Å²) in [6.45, 7) is 5.10. The second-order valence-electron chi connectivity index (χ2n) is 5.88. The van der Waals surface area contributed by atoms with Gasteiger partial charge >= 0.3 is 0 Å². The van der Waals surface area contributed by atoms with Gasteiger partial charge in [-0.25, -0.2) is 0 Å². The molecule has 2 aliphatic rings. The first kappa shape index (κ1) is 14.2. The van der Waals surface area contributed by atoms with Gasteiger partial charge in [-0.3, -0.25) is 9.69 Å². The highest BCUT2D eigenvalue weighted by Gasteiger charge is 2.42. The van der Waals surface area contributed by atoms with E-state index < -0.39 is 0 Å². The lowest BCUT2D eigenvalue weighted by Crippen LogP contribution is -2.59. The van der Waals surface area contributed by atoms with Crippen molar-refractivity contribution < 1.29 is 4.79 Å². The molecule has 1 amide bonds. The van der Waals surface area contributed by atoms with Crippen molar-refractivity contribution in [2.24, 2.45) is 0 Å². The zero-order chi connectivity index (χ0) is 13.2. The van der Waals surface area contributed by atoms with E-state index in [4.69, 9.17) is 0 Å². The van der Waals surface area contributed by atoms with Gasteiger partial charge in [-0.2, -0.15) is 11.8 Å². The van der Waals surface area contributed by atoms with Gasteiger partial charge < -0.3 is 4.90 Å². The molecule has 1 atom stereocenters. The van der Waals surface area contributed by atoms with Crippen LogP contribution in [0.5, 0.6) is 0 Å². The molecule has 2 aliphatic heterocycles. The summed E-state index contributed by atoms with van der Waals surface area (Å²) < 4.78 is 0. The second-order valence-corrected chi connectivity index (χ2v) is 7.02. The Hall–Kier alpha value is -0.220. The lowest BCUT2D eigenvalue weighted by atomic mass is 9.87. The number of hydrogen-bond donors (Lipinski definition) is 0. The number of rotatable bonds is 2. The largest absolute Gasteiger partial charge is 0.341 e. The van der Waals surface area contributed by atoms with Crippen LogP contribution < -0.4 is 0 Å². The van der Waals surface area contributed by atoms with Gasteiger partial charge in [-0.15, -0.1) is 0 Å². The molecular formula is C14H26N2OS. The third-order valence-corrected chi connectivity index (χ3v) is 5.91. The van der Waals surface area contributed by atoms with Gasteiger partial charge in [0.25, 0.3) is 0 Å². The Balaban J connectivity index is 1.98. The number of likely N-dealkylation sites (tertiary alicyclic amines) is 2. The van der Waals surface area contributed by atoms with Gasteiger partial charge in [-0.1, -0.05) is 0 Å². The van der Waals surface area contributed by atoms with Crippen LogP contribution >= 0.6 is 11.8 Å². The van der Waals surface area contributed by atoms with E-state index in [1.807, 2.05) is 11.8 Å². The molecular weight excluding hydrogens is 244 g/mol. The fourth-order valence-corrected chi connectivity index (χ4v) is 3.84. The molecule has 0 bridgehead atoms. The van der Waals surface area contributed by atoms with Crippen LogP contribution in [0.3, 0.4) is 0 Å². The van der Waals surface area contributed by atoms with Crippen molar-refractivity contribution in [1.82, 2.24) is 9.80 Å². The first-order chi connectivity index (χ1) is 8.58. The summed E-state index contributed by atoms with van der Waals surface area (Å²) in [5.74, 6) is 0.365. The maximum absolute atomic E-state index is 12.8. The molecule has 0 radical (unpaired) electrons. The Labute approximate surface area is 115 Å². The van der Waals surface area contributed by atoms with Crippen molar-refractivity contribution in [2.75, 3.05) is 32.9 Å². The minimum absolute atomic E-state index is 0.246. The number of nitrogens with zero attached hydrogens (tertiary/aromatic N) is 2. The molecule has 3 nitrogen and oxygen atoms in total. The highest BCUT2D eigenvalue weighted by atomic mass is 32.2. The van der Waals surface area contributed by atoms with Crippen LogP contribution in [0.4, 0.5) is 0 Å². The molecule has 2 fully saturated rings. The molecule has 0 aromatic rings. The van der Waals surface area contributed by atoms with Crippen LogP contribution in [0, 0.1) is 0 Å². The maximum Gasteiger partial charge on any atom is 0.242 e. The Morgan fingerprint density at radius 2 is 1.89 bits per heavy atom. The SMILES string of the molecule is CSC1CCN(C(=O)C2(C)CCCCN2C)CC1. The molecule has 0 aliphatic carbocycles. The van der Waals surface area contributed by atoms with E-state index in [0.717, 1.165) is 44.1 Å². The number of thioether (sulfide) groups is 1. The summed E-state index contributed by atoms with van der Waals surface area (Å²) in [4.78, 5) is 17.1. The van der Waals surface area contributed by atoms with E-state index >= 15 is 0 Å². The molecule has 2 saturated heterocycles. The minimum atomic E-state index is -0.246. The third kappa shape index (κ3) is 2.69. The van der Waals surface area contributed by atoms with E-state index in [0.29, 0.717) is 5.91 Å². The number of hydrogen-bond acceptors (Lipinski definition) is 3. The Bertz CT molecular complexity index is 302. The van der Waals surface area contributed by atoms with E-state index in [1.165, 1.54) is 12.8 Å². The van der Waals surface area contributed by atoms with Crippen molar-refractivity contribution in [3.63, 3.8) is 0 Å². The smallest absolute Gasteiger partial charge is 0.242 e. The number of carbonyl (C=O) groups excluding carboxylic acids is 1. The summed E-state index contributed by atoms with van der Waals surface area (Å²) in [7, 11) is 2.10. The maximum atomic E-state index is 12.8. The van der Waals surface area contributed by atoms with Crippen molar-refractivity contribution in [2.45, 2.75) is 49.8 Å². The molecule has 0 aromatic heterocycles. The average Bonchev–Trinajstić information content (AvgIpc) is 2.41. The number of piperidine rings is 2. The lowest BCUT2D eigenvalue weighted by molar-refractivity contribution is -0.145. The first-order valence-corrected chi connectivity index (χ1v) is 8.40. The van der Waals surface area contributed by atoms with Gasteiger partial charge in [0.15, 0.2) is 0 Å². The summed E-state index contributed by atoms with van der Waals surface area (Å²) in [5, 5.41) is 0.756. The Morgan fingerprint density at radius 1 is 1.22 bits per heavy atom. The fraction of sp³-hybridized carbons (Fsp3) is 0.929. The van der Waals surface area contributed by atoms with Crippen LogP contribution in [0.25, 0.3) is 0 Å². The van der Waals surface area contributed by atoms with Gasteiger partial charge in [0.05, 0.1) is 5.54 Å². The van der Waals surface area contributed by atoms with Crippen molar-refractivity contribution >= 4 is 17.7 Å². The molecule has 2 rings (SSSR count). The second kappa shape index (κ2) is 5.83. The van der Waals surface area contributed by atoms with Gasteiger partial charge in [0.1, 0.15) is 0 Å². The topological polar surface area (TPSA) is 23.6 Å². The van der Waals surface area contributed by atoms with Gasteiger partial charge in [0, 0.05) is 18.3 Å². The van der Waals surface area contributed by atoms with Gasteiger partial charge in [-0.05, 0) is 58.9 Å². The molecule has 18 heavy (non-hydrogen) atoms. The number of amides is 1. The Kier molecular flexibility index (Phi) is 4.59. The predicted octanol–water partition coefficient (Wildman–Crippen LogP) is 2.21. The quantitative estimate of drug-likeness (QED) is 0.768. The molecule has 4 heteroatoms. The van der Waals surface area contributed by atoms with Crippen LogP contribution in [-0.2, 0) is 4.79 Å². The van der Waals surface area contributed by atoms with Crippen molar-refractivity contribution in [3.8, 4) is 0 Å². The molecule has 0 N–H and O–H groups in total. The number of likely N-dealkylation sites (N-methyl/N-ethyl adjacent to an activating group) is 1. The summed E-state index contributed by atoms with van der Waals surface area (Å²) >= 11 is 1.95. The first-order valence-electron chi connectivity index (χ1n) is 7.11. The summed E-state index contributed by atoms with van der Waals surface area (Å²) in [6, 6.07) is 0. The van der Waals surface area contributed by atoms with Crippen molar-refractivity contribution in [3.05, 3.63) is 0 Å². The standard InChI is InChI=1S/C14H26N2OS/c1-14(8-4-5-9-15(14)2)13(17)16-10-6-12(18-3)7-11-16/h12H,4-11H2,1-3H3. The fourth-order valence-electron chi connectivity index (χ4n) is 3.16. The third-order valence-electron chi connectivity index (χ3n) is 4.77. The van der Waals surface area contributed by atoms with Gasteiger partial charge in [0.2, 0.25) is 5.91 Å². The normalized spacial score (nSPS) is 31.6. The van der Waals surface area contributed by atoms with E-state index in [-0.39, 0.29) is 5.54 Å². The summed E-state index contributed by atoms with van der Waals surface area (Å²) in [5.41, 5.74) is -0.246. The average molecular weight is 270 g/mol. The van der Waals surface area contributed by atoms with E-state index in [9.17, 15) is 4.79 Å². The molecule has 0 spiro atoms. The molecule has 0 aromatic carbocycles.